The second kappa shape index (κ2) is 6.78. The molecule has 0 bridgehead atoms. The molecule has 1 atom stereocenters. The highest BCUT2D eigenvalue weighted by Gasteiger charge is 2.30. The van der Waals surface area contributed by atoms with E-state index >= 15 is 0 Å². The first-order chi connectivity index (χ1) is 11.5. The topological polar surface area (TPSA) is 83.4 Å². The predicted molar refractivity (Wildman–Crippen MR) is 87.9 cm³/mol. The molecule has 0 saturated carbocycles. The Labute approximate surface area is 140 Å². The smallest absolute Gasteiger partial charge is 0.356 e. The third-order valence-electron chi connectivity index (χ3n) is 4.32. The van der Waals surface area contributed by atoms with Crippen molar-refractivity contribution in [3.63, 3.8) is 0 Å². The molecule has 6 nitrogen and oxygen atoms in total. The van der Waals surface area contributed by atoms with Crippen molar-refractivity contribution in [2.45, 2.75) is 32.2 Å². The third-order valence-corrected chi connectivity index (χ3v) is 4.32. The zero-order valence-electron chi connectivity index (χ0n) is 13.5. The second-order valence-electron chi connectivity index (χ2n) is 6.08. The van der Waals surface area contributed by atoms with Crippen LogP contribution in [0.3, 0.4) is 0 Å². The standard InChI is InChI=1S/C18H19N3O3/c1-12-4-6-13(7-5-12)9-14-3-2-8-21(14)17(22)15-10-20-16(11-19-15)18(23)24/h4-7,10-11,14H,2-3,8-9H2,1H3,(H,23,24). The molecule has 1 saturated heterocycles. The average Bonchev–Trinajstić information content (AvgIpc) is 3.04. The van der Waals surface area contributed by atoms with Crippen molar-refractivity contribution in [3.8, 4) is 0 Å². The van der Waals surface area contributed by atoms with Gasteiger partial charge in [-0.05, 0) is 31.7 Å². The summed E-state index contributed by atoms with van der Waals surface area (Å²) >= 11 is 0. The number of rotatable bonds is 4. The van der Waals surface area contributed by atoms with Crippen LogP contribution in [-0.2, 0) is 6.42 Å². The molecular weight excluding hydrogens is 306 g/mol. The van der Waals surface area contributed by atoms with E-state index in [0.29, 0.717) is 6.54 Å². The van der Waals surface area contributed by atoms with E-state index in [0.717, 1.165) is 25.5 Å². The molecule has 1 amide bonds. The molecule has 0 aliphatic carbocycles. The maximum Gasteiger partial charge on any atom is 0.356 e. The molecule has 1 aliphatic heterocycles. The number of carboxylic acid groups (broad SMARTS) is 1. The molecule has 1 N–H and O–H groups in total. The van der Waals surface area contributed by atoms with Crippen molar-refractivity contribution >= 4 is 11.9 Å². The number of hydrogen-bond donors (Lipinski definition) is 1. The Balaban J connectivity index is 1.73. The summed E-state index contributed by atoms with van der Waals surface area (Å²) in [6.45, 7) is 2.74. The molecule has 3 rings (SSSR count). The summed E-state index contributed by atoms with van der Waals surface area (Å²) in [7, 11) is 0. The van der Waals surface area contributed by atoms with Gasteiger partial charge in [-0.3, -0.25) is 4.79 Å². The van der Waals surface area contributed by atoms with E-state index < -0.39 is 5.97 Å². The van der Waals surface area contributed by atoms with Gasteiger partial charge in [-0.1, -0.05) is 29.8 Å². The minimum absolute atomic E-state index is 0.140. The van der Waals surface area contributed by atoms with E-state index in [2.05, 4.69) is 41.2 Å². The minimum Gasteiger partial charge on any atom is -0.476 e. The zero-order chi connectivity index (χ0) is 17.1. The molecule has 1 fully saturated rings. The molecule has 124 valence electrons. The lowest BCUT2D eigenvalue weighted by molar-refractivity contribution is 0.0683. The number of benzene rings is 1. The van der Waals surface area contributed by atoms with Crippen LogP contribution in [0.4, 0.5) is 0 Å². The Kier molecular flexibility index (Phi) is 4.55. The number of carboxylic acids is 1. The van der Waals surface area contributed by atoms with Crippen molar-refractivity contribution in [1.29, 1.82) is 0 Å². The Bertz CT molecular complexity index is 741. The molecule has 1 aromatic carbocycles. The molecule has 1 unspecified atom stereocenters. The molecule has 2 aromatic rings. The SMILES string of the molecule is Cc1ccc(CC2CCCN2C(=O)c2cnc(C(=O)O)cn2)cc1. The fourth-order valence-electron chi connectivity index (χ4n) is 3.01. The van der Waals surface area contributed by atoms with E-state index in [1.165, 1.54) is 17.3 Å². The monoisotopic (exact) mass is 325 g/mol. The summed E-state index contributed by atoms with van der Waals surface area (Å²) in [5.74, 6) is -1.34. The van der Waals surface area contributed by atoms with Gasteiger partial charge in [-0.25, -0.2) is 14.8 Å². The molecule has 24 heavy (non-hydrogen) atoms. The summed E-state index contributed by atoms with van der Waals surface area (Å²) in [6, 6.07) is 8.48. The first-order valence-electron chi connectivity index (χ1n) is 7.96. The van der Waals surface area contributed by atoms with Gasteiger partial charge in [-0.15, -0.1) is 0 Å². The van der Waals surface area contributed by atoms with Crippen molar-refractivity contribution in [2.24, 2.45) is 0 Å². The number of likely N-dealkylation sites (tertiary alicyclic amines) is 1. The maximum atomic E-state index is 12.7. The van der Waals surface area contributed by atoms with Gasteiger partial charge in [0.15, 0.2) is 5.69 Å². The number of amides is 1. The number of aromatic carboxylic acids is 1. The molecular formula is C18H19N3O3. The summed E-state index contributed by atoms with van der Waals surface area (Å²) in [5, 5.41) is 8.85. The van der Waals surface area contributed by atoms with Crippen LogP contribution in [0.1, 0.15) is 44.9 Å². The fourth-order valence-corrected chi connectivity index (χ4v) is 3.01. The lowest BCUT2D eigenvalue weighted by Gasteiger charge is -2.24. The van der Waals surface area contributed by atoms with E-state index in [9.17, 15) is 9.59 Å². The van der Waals surface area contributed by atoms with Gasteiger partial charge >= 0.3 is 5.97 Å². The fraction of sp³-hybridized carbons (Fsp3) is 0.333. The minimum atomic E-state index is -1.15. The van der Waals surface area contributed by atoms with Crippen LogP contribution < -0.4 is 0 Å². The molecule has 1 aromatic heterocycles. The van der Waals surface area contributed by atoms with Crippen molar-refractivity contribution in [1.82, 2.24) is 14.9 Å². The van der Waals surface area contributed by atoms with Crippen LogP contribution in [0.2, 0.25) is 0 Å². The maximum absolute atomic E-state index is 12.7. The number of carbonyl (C=O) groups excluding carboxylic acids is 1. The van der Waals surface area contributed by atoms with Crippen LogP contribution >= 0.6 is 0 Å². The Hall–Kier alpha value is -2.76. The quantitative estimate of drug-likeness (QED) is 0.933. The van der Waals surface area contributed by atoms with E-state index in [4.69, 9.17) is 5.11 Å². The van der Waals surface area contributed by atoms with Crippen molar-refractivity contribution in [2.75, 3.05) is 6.54 Å². The van der Waals surface area contributed by atoms with E-state index in [-0.39, 0.29) is 23.3 Å². The number of aromatic nitrogens is 2. The van der Waals surface area contributed by atoms with Crippen molar-refractivity contribution in [3.05, 3.63) is 59.2 Å². The predicted octanol–water partition coefficient (Wildman–Crippen LogP) is 2.33. The summed E-state index contributed by atoms with van der Waals surface area (Å²) in [5.41, 5.74) is 2.45. The third kappa shape index (κ3) is 3.42. The van der Waals surface area contributed by atoms with Crippen LogP contribution in [0.5, 0.6) is 0 Å². The highest BCUT2D eigenvalue weighted by molar-refractivity contribution is 5.93. The second-order valence-corrected chi connectivity index (χ2v) is 6.08. The Morgan fingerprint density at radius 1 is 1.17 bits per heavy atom. The molecule has 2 heterocycles. The van der Waals surface area contributed by atoms with Gasteiger partial charge in [0.2, 0.25) is 0 Å². The summed E-state index contributed by atoms with van der Waals surface area (Å²) in [6.07, 6.45) is 5.10. The largest absolute Gasteiger partial charge is 0.476 e. The van der Waals surface area contributed by atoms with Crippen LogP contribution in [0.15, 0.2) is 36.7 Å². The van der Waals surface area contributed by atoms with E-state index in [1.54, 1.807) is 0 Å². The molecule has 0 radical (unpaired) electrons. The lowest BCUT2D eigenvalue weighted by atomic mass is 10.0. The average molecular weight is 325 g/mol. The number of nitrogens with zero attached hydrogens (tertiary/aromatic N) is 3. The number of aryl methyl sites for hydroxylation is 1. The summed E-state index contributed by atoms with van der Waals surface area (Å²) < 4.78 is 0. The van der Waals surface area contributed by atoms with Gasteiger partial charge < -0.3 is 10.0 Å². The highest BCUT2D eigenvalue weighted by Crippen LogP contribution is 2.23. The normalized spacial score (nSPS) is 17.0. The lowest BCUT2D eigenvalue weighted by Crippen LogP contribution is -2.37. The van der Waals surface area contributed by atoms with Gasteiger partial charge in [-0.2, -0.15) is 0 Å². The number of hydrogen-bond acceptors (Lipinski definition) is 4. The molecule has 1 aliphatic rings. The van der Waals surface area contributed by atoms with Gasteiger partial charge in [0.25, 0.3) is 5.91 Å². The Morgan fingerprint density at radius 2 is 1.83 bits per heavy atom. The van der Waals surface area contributed by atoms with Crippen LogP contribution in [0.25, 0.3) is 0 Å². The summed E-state index contributed by atoms with van der Waals surface area (Å²) in [4.78, 5) is 33.0. The van der Waals surface area contributed by atoms with Gasteiger partial charge in [0, 0.05) is 12.6 Å². The highest BCUT2D eigenvalue weighted by atomic mass is 16.4. The van der Waals surface area contributed by atoms with E-state index in [1.807, 2.05) is 4.90 Å². The zero-order valence-corrected chi connectivity index (χ0v) is 13.5. The van der Waals surface area contributed by atoms with Gasteiger partial charge in [0.05, 0.1) is 12.4 Å². The Morgan fingerprint density at radius 3 is 2.46 bits per heavy atom. The van der Waals surface area contributed by atoms with Crippen LogP contribution in [0, 0.1) is 6.92 Å². The first-order valence-corrected chi connectivity index (χ1v) is 7.96. The molecule has 6 heteroatoms. The molecule has 0 spiro atoms. The van der Waals surface area contributed by atoms with Crippen molar-refractivity contribution < 1.29 is 14.7 Å². The van der Waals surface area contributed by atoms with Gasteiger partial charge in [0.1, 0.15) is 5.69 Å². The number of carbonyl (C=O) groups is 2. The van der Waals surface area contributed by atoms with Crippen LogP contribution in [-0.4, -0.2) is 44.4 Å². The first kappa shape index (κ1) is 16.1.